The normalized spacial score (nSPS) is 10.9. The molecule has 1 heterocycles. The van der Waals surface area contributed by atoms with Crippen LogP contribution in [0.3, 0.4) is 0 Å². The van der Waals surface area contributed by atoms with E-state index in [1.807, 2.05) is 12.3 Å². The smallest absolute Gasteiger partial charge is 0.119 e. The Bertz CT molecular complexity index is 1140. The van der Waals surface area contributed by atoms with Crippen molar-refractivity contribution >= 4 is 34.4 Å². The summed E-state index contributed by atoms with van der Waals surface area (Å²) >= 11 is 0. The van der Waals surface area contributed by atoms with Crippen LogP contribution in [0.25, 0.3) is 5.76 Å². The molecule has 0 unspecified atom stereocenters. The second-order valence-electron chi connectivity index (χ2n) is 7.35. The lowest BCUT2D eigenvalue weighted by molar-refractivity contribution is 0.321. The van der Waals surface area contributed by atoms with Crippen LogP contribution in [0.1, 0.15) is 11.3 Å². The highest BCUT2D eigenvalue weighted by Crippen LogP contribution is 2.44. The van der Waals surface area contributed by atoms with Gasteiger partial charge in [-0.25, -0.2) is 0 Å². The minimum atomic E-state index is -2.12. The van der Waals surface area contributed by atoms with Gasteiger partial charge in [0.2, 0.25) is 0 Å². The Balaban J connectivity index is 2.00. The number of pyridine rings is 1. The second kappa shape index (κ2) is 10.1. The van der Waals surface area contributed by atoms with Crippen LogP contribution in [0, 0.1) is 0 Å². The van der Waals surface area contributed by atoms with Gasteiger partial charge in [-0.15, -0.1) is 0 Å². The molecular weight excluding hydrogens is 409 g/mol. The Hall–Kier alpha value is -3.61. The summed E-state index contributed by atoms with van der Waals surface area (Å²) in [5.41, 5.74) is 1.82. The Kier molecular flexibility index (Phi) is 6.84. The summed E-state index contributed by atoms with van der Waals surface area (Å²) in [6.45, 7) is 6.09. The van der Waals surface area contributed by atoms with Crippen molar-refractivity contribution in [3.8, 4) is 0 Å². The van der Waals surface area contributed by atoms with Gasteiger partial charge in [-0.1, -0.05) is 110 Å². The SMILES string of the molecule is C=CCOC(=C)c1ccnc(C=P(c2ccccc2)(c2ccccc2)c2ccccc2)c1. The molecule has 0 saturated heterocycles. The first-order chi connectivity index (χ1) is 15.7. The van der Waals surface area contributed by atoms with E-state index in [0.717, 1.165) is 11.3 Å². The van der Waals surface area contributed by atoms with Gasteiger partial charge in [-0.3, -0.25) is 4.98 Å². The van der Waals surface area contributed by atoms with Crippen molar-refractivity contribution in [2.75, 3.05) is 6.61 Å². The van der Waals surface area contributed by atoms with Crippen molar-refractivity contribution in [2.45, 2.75) is 0 Å². The molecule has 4 rings (SSSR count). The molecule has 0 fully saturated rings. The van der Waals surface area contributed by atoms with E-state index >= 15 is 0 Å². The summed E-state index contributed by atoms with van der Waals surface area (Å²) in [5.74, 6) is 2.96. The highest BCUT2D eigenvalue weighted by molar-refractivity contribution is 7.94. The van der Waals surface area contributed by atoms with Gasteiger partial charge in [0, 0.05) is 11.8 Å². The molecule has 3 aromatic carbocycles. The van der Waals surface area contributed by atoms with Gasteiger partial charge in [0.25, 0.3) is 0 Å². The van der Waals surface area contributed by atoms with Crippen molar-refractivity contribution in [3.63, 3.8) is 0 Å². The van der Waals surface area contributed by atoms with Crippen molar-refractivity contribution < 1.29 is 4.74 Å². The van der Waals surface area contributed by atoms with Gasteiger partial charge < -0.3 is 4.74 Å². The minimum Gasteiger partial charge on any atom is -0.490 e. The van der Waals surface area contributed by atoms with Crippen LogP contribution in [-0.2, 0) is 4.74 Å². The van der Waals surface area contributed by atoms with E-state index in [9.17, 15) is 0 Å². The van der Waals surface area contributed by atoms with Crippen molar-refractivity contribution in [1.82, 2.24) is 4.98 Å². The molecular formula is C29H26NOP. The molecule has 3 heteroatoms. The fourth-order valence-electron chi connectivity index (χ4n) is 3.79. The van der Waals surface area contributed by atoms with E-state index in [2.05, 4.69) is 116 Å². The maximum Gasteiger partial charge on any atom is 0.119 e. The predicted molar refractivity (Wildman–Crippen MR) is 140 cm³/mol. The molecule has 0 saturated carbocycles. The molecule has 4 aromatic rings. The van der Waals surface area contributed by atoms with E-state index < -0.39 is 6.89 Å². The first kappa shape index (κ1) is 21.6. The van der Waals surface area contributed by atoms with Crippen molar-refractivity contribution in [1.29, 1.82) is 0 Å². The summed E-state index contributed by atoms with van der Waals surface area (Å²) in [6.07, 6.45) is 3.54. The topological polar surface area (TPSA) is 22.1 Å². The van der Waals surface area contributed by atoms with Gasteiger partial charge in [-0.05, 0) is 40.7 Å². The Morgan fingerprint density at radius 2 is 1.28 bits per heavy atom. The van der Waals surface area contributed by atoms with Crippen molar-refractivity contribution in [2.24, 2.45) is 0 Å². The fourth-order valence-corrected chi connectivity index (χ4v) is 7.60. The van der Waals surface area contributed by atoms with Gasteiger partial charge >= 0.3 is 0 Å². The minimum absolute atomic E-state index is 0.426. The number of benzene rings is 3. The van der Waals surface area contributed by atoms with Crippen LogP contribution in [0.5, 0.6) is 0 Å². The van der Waals surface area contributed by atoms with E-state index in [1.165, 1.54) is 15.9 Å². The van der Waals surface area contributed by atoms with E-state index in [4.69, 9.17) is 9.72 Å². The van der Waals surface area contributed by atoms with E-state index in [1.54, 1.807) is 6.08 Å². The molecule has 0 aliphatic rings. The number of hydrogen-bond acceptors (Lipinski definition) is 2. The molecule has 158 valence electrons. The zero-order chi connectivity index (χ0) is 22.2. The third kappa shape index (κ3) is 4.51. The first-order valence-corrected chi connectivity index (χ1v) is 12.4. The number of rotatable bonds is 8. The summed E-state index contributed by atoms with van der Waals surface area (Å²) in [4.78, 5) is 4.72. The van der Waals surface area contributed by atoms with Crippen LogP contribution in [0.15, 0.2) is 129 Å². The third-order valence-corrected chi connectivity index (χ3v) is 9.28. The lowest BCUT2D eigenvalue weighted by atomic mass is 10.2. The molecule has 0 bridgehead atoms. The summed E-state index contributed by atoms with van der Waals surface area (Å²) in [7, 11) is 0. The molecule has 0 atom stereocenters. The summed E-state index contributed by atoms with van der Waals surface area (Å²) in [5, 5.41) is 3.85. The number of hydrogen-bond donors (Lipinski definition) is 0. The molecule has 0 radical (unpaired) electrons. The number of aromatic nitrogens is 1. The van der Waals surface area contributed by atoms with Gasteiger partial charge in [0.1, 0.15) is 12.4 Å². The average molecular weight is 436 g/mol. The van der Waals surface area contributed by atoms with E-state index in [-0.39, 0.29) is 0 Å². The molecule has 0 amide bonds. The maximum absolute atomic E-state index is 5.67. The van der Waals surface area contributed by atoms with Crippen LogP contribution in [0.2, 0.25) is 0 Å². The van der Waals surface area contributed by atoms with E-state index in [0.29, 0.717) is 12.4 Å². The second-order valence-corrected chi connectivity index (χ2v) is 10.6. The molecule has 32 heavy (non-hydrogen) atoms. The average Bonchev–Trinajstić information content (AvgIpc) is 2.87. The zero-order valence-corrected chi connectivity index (χ0v) is 18.9. The molecule has 1 aromatic heterocycles. The standard InChI is InChI=1S/C29H26NOP/c1-3-21-31-24(2)25-19-20-30-26(22-25)23-32(27-13-7-4-8-14-27,28-15-9-5-10-16-28)29-17-11-6-12-18-29/h3-20,22-23H,1-2,21H2. The quantitative estimate of drug-likeness (QED) is 0.210. The summed E-state index contributed by atoms with van der Waals surface area (Å²) < 4.78 is 5.67. The molecule has 0 spiro atoms. The maximum atomic E-state index is 5.67. The molecule has 0 N–H and O–H groups in total. The lowest BCUT2D eigenvalue weighted by Crippen LogP contribution is -2.27. The van der Waals surface area contributed by atoms with Crippen LogP contribution in [0.4, 0.5) is 0 Å². The largest absolute Gasteiger partial charge is 0.490 e. The van der Waals surface area contributed by atoms with Gasteiger partial charge in [0.15, 0.2) is 0 Å². The number of nitrogens with zero attached hydrogens (tertiary/aromatic N) is 1. The summed E-state index contributed by atoms with van der Waals surface area (Å²) in [6, 6.07) is 36.2. The predicted octanol–water partition coefficient (Wildman–Crippen LogP) is 5.40. The van der Waals surface area contributed by atoms with Crippen LogP contribution < -0.4 is 15.9 Å². The van der Waals surface area contributed by atoms with Crippen LogP contribution >= 0.6 is 6.89 Å². The number of ether oxygens (including phenoxy) is 1. The Morgan fingerprint density at radius 3 is 1.75 bits per heavy atom. The van der Waals surface area contributed by atoms with Crippen LogP contribution in [-0.4, -0.2) is 17.4 Å². The molecule has 0 aliphatic carbocycles. The fraction of sp³-hybridized carbons (Fsp3) is 0.0345. The Labute approximate surface area is 190 Å². The van der Waals surface area contributed by atoms with Gasteiger partial charge in [-0.2, -0.15) is 0 Å². The molecule has 0 aliphatic heterocycles. The highest BCUT2D eigenvalue weighted by Gasteiger charge is 2.25. The zero-order valence-electron chi connectivity index (χ0n) is 18.0. The highest BCUT2D eigenvalue weighted by atomic mass is 31.2. The van der Waals surface area contributed by atoms with Crippen molar-refractivity contribution in [3.05, 3.63) is 140 Å². The monoisotopic (exact) mass is 435 g/mol. The first-order valence-electron chi connectivity index (χ1n) is 10.5. The molecule has 2 nitrogen and oxygen atoms in total. The third-order valence-electron chi connectivity index (χ3n) is 5.29. The lowest BCUT2D eigenvalue weighted by Gasteiger charge is -2.28. The Morgan fingerprint density at radius 1 is 0.781 bits per heavy atom. The van der Waals surface area contributed by atoms with Gasteiger partial charge in [0.05, 0.1) is 5.69 Å².